The van der Waals surface area contributed by atoms with Crippen molar-refractivity contribution in [3.63, 3.8) is 0 Å². The van der Waals surface area contributed by atoms with Gasteiger partial charge in [0, 0.05) is 19.3 Å². The minimum atomic E-state index is -0.781. The number of hydrogen-bond donors (Lipinski definition) is 0. The third kappa shape index (κ3) is 59.0. The number of unbranched alkanes of at least 4 members (excludes halogenated alkanes) is 26. The lowest BCUT2D eigenvalue weighted by atomic mass is 10.1. The molecule has 1 atom stereocenters. The van der Waals surface area contributed by atoms with Crippen LogP contribution in [0.25, 0.3) is 0 Å². The van der Waals surface area contributed by atoms with E-state index in [9.17, 15) is 14.4 Å². The van der Waals surface area contributed by atoms with Crippen LogP contribution < -0.4 is 0 Å². The zero-order valence-corrected chi connectivity index (χ0v) is 48.3. The van der Waals surface area contributed by atoms with Crippen molar-refractivity contribution in [3.8, 4) is 0 Å². The van der Waals surface area contributed by atoms with Gasteiger partial charge in [-0.2, -0.15) is 0 Å². The van der Waals surface area contributed by atoms with Crippen LogP contribution in [-0.4, -0.2) is 37.2 Å². The third-order valence-corrected chi connectivity index (χ3v) is 13.0. The molecule has 0 aliphatic heterocycles. The summed E-state index contributed by atoms with van der Waals surface area (Å²) in [5.41, 5.74) is 0. The van der Waals surface area contributed by atoms with E-state index < -0.39 is 6.10 Å². The molecule has 0 N–H and O–H groups in total. The Morgan fingerprint density at radius 3 is 0.851 bits per heavy atom. The zero-order chi connectivity index (χ0) is 53.6. The number of allylic oxidation sites excluding steroid dienone is 18. The lowest BCUT2D eigenvalue weighted by Gasteiger charge is -2.18. The topological polar surface area (TPSA) is 78.9 Å². The summed E-state index contributed by atoms with van der Waals surface area (Å²) < 4.78 is 16.8. The molecule has 422 valence electrons. The fraction of sp³-hybridized carbons (Fsp3) is 0.691. The molecule has 0 fully saturated rings. The molecule has 0 heterocycles. The molecule has 0 spiro atoms. The fourth-order valence-corrected chi connectivity index (χ4v) is 8.39. The molecular weight excluding hydrogens is 913 g/mol. The van der Waals surface area contributed by atoms with Crippen LogP contribution in [0.15, 0.2) is 109 Å². The standard InChI is InChI=1S/C68H114O6/c1-4-7-10-13-16-18-20-22-24-26-28-29-30-31-32-33-34-35-36-37-38-39-41-42-44-46-48-50-52-55-58-61-67(70)73-64-65(63-72-66(69)60-57-54-15-12-9-6-3)74-68(71)62-59-56-53-51-49-47-45-43-40-27-25-23-21-19-17-14-11-8-5-2/h7,10,16-19,22-25,28-29,31-32,34-35,37-38,65H,4-6,8-9,11-15,20-21,26-27,30,33,36,39-64H2,1-3H3/b10-7-,18-16-,19-17-,24-22-,25-23-,29-28-,32-31-,35-34-,38-37-. The van der Waals surface area contributed by atoms with E-state index in [-0.39, 0.29) is 31.1 Å². The van der Waals surface area contributed by atoms with Crippen molar-refractivity contribution in [1.29, 1.82) is 0 Å². The molecule has 6 nitrogen and oxygen atoms in total. The molecule has 0 bridgehead atoms. The molecule has 0 amide bonds. The molecular formula is C68H114O6. The van der Waals surface area contributed by atoms with Crippen LogP contribution in [0.5, 0.6) is 0 Å². The van der Waals surface area contributed by atoms with E-state index in [1.54, 1.807) is 0 Å². The Bertz CT molecular complexity index is 1510. The smallest absolute Gasteiger partial charge is 0.306 e. The van der Waals surface area contributed by atoms with Gasteiger partial charge in [-0.05, 0) is 109 Å². The molecule has 1 unspecified atom stereocenters. The molecule has 74 heavy (non-hydrogen) atoms. The van der Waals surface area contributed by atoms with E-state index in [1.165, 1.54) is 128 Å². The van der Waals surface area contributed by atoms with Crippen LogP contribution in [0.1, 0.15) is 284 Å². The van der Waals surface area contributed by atoms with E-state index in [2.05, 4.69) is 130 Å². The number of hydrogen-bond acceptors (Lipinski definition) is 6. The summed E-state index contributed by atoms with van der Waals surface area (Å²) >= 11 is 0. The third-order valence-electron chi connectivity index (χ3n) is 13.0. The highest BCUT2D eigenvalue weighted by molar-refractivity contribution is 5.71. The molecule has 0 radical (unpaired) electrons. The van der Waals surface area contributed by atoms with Crippen LogP contribution in [0.3, 0.4) is 0 Å². The number of esters is 3. The highest BCUT2D eigenvalue weighted by Gasteiger charge is 2.19. The summed E-state index contributed by atoms with van der Waals surface area (Å²) in [5, 5.41) is 0. The monoisotopic (exact) mass is 1030 g/mol. The van der Waals surface area contributed by atoms with Gasteiger partial charge in [0.15, 0.2) is 6.10 Å². The number of carbonyl (C=O) groups is 3. The first kappa shape index (κ1) is 70.1. The average molecular weight is 1030 g/mol. The average Bonchev–Trinajstić information content (AvgIpc) is 3.40. The first-order valence-electron chi connectivity index (χ1n) is 30.9. The maximum atomic E-state index is 12.8. The van der Waals surface area contributed by atoms with Gasteiger partial charge in [-0.15, -0.1) is 0 Å². The quantitative estimate of drug-likeness (QED) is 0.0261. The van der Waals surface area contributed by atoms with Crippen LogP contribution in [-0.2, 0) is 28.6 Å². The number of carbonyl (C=O) groups excluding carboxylic acids is 3. The second-order valence-electron chi connectivity index (χ2n) is 20.2. The van der Waals surface area contributed by atoms with Gasteiger partial charge in [-0.3, -0.25) is 14.4 Å². The Morgan fingerprint density at radius 1 is 0.284 bits per heavy atom. The first-order valence-corrected chi connectivity index (χ1v) is 30.9. The first-order chi connectivity index (χ1) is 36.5. The Kier molecular flexibility index (Phi) is 58.3. The minimum absolute atomic E-state index is 0.0811. The highest BCUT2D eigenvalue weighted by atomic mass is 16.6. The summed E-state index contributed by atoms with van der Waals surface area (Å²) in [6.07, 6.45) is 84.0. The van der Waals surface area contributed by atoms with Crippen molar-refractivity contribution in [3.05, 3.63) is 109 Å². The van der Waals surface area contributed by atoms with Crippen molar-refractivity contribution in [2.45, 2.75) is 290 Å². The van der Waals surface area contributed by atoms with Gasteiger partial charge < -0.3 is 14.2 Å². The Balaban J connectivity index is 4.12. The van der Waals surface area contributed by atoms with Crippen molar-refractivity contribution >= 4 is 17.9 Å². The van der Waals surface area contributed by atoms with E-state index in [0.717, 1.165) is 116 Å². The summed E-state index contributed by atoms with van der Waals surface area (Å²) in [4.78, 5) is 38.0. The van der Waals surface area contributed by atoms with E-state index in [4.69, 9.17) is 14.2 Å². The molecule has 0 aromatic heterocycles. The van der Waals surface area contributed by atoms with Crippen LogP contribution in [0, 0.1) is 0 Å². The Labute approximate surface area is 457 Å². The normalized spacial score (nSPS) is 12.9. The van der Waals surface area contributed by atoms with Crippen LogP contribution in [0.4, 0.5) is 0 Å². The summed E-state index contributed by atoms with van der Waals surface area (Å²) in [6, 6.07) is 0. The minimum Gasteiger partial charge on any atom is -0.462 e. The maximum Gasteiger partial charge on any atom is 0.306 e. The van der Waals surface area contributed by atoms with E-state index >= 15 is 0 Å². The van der Waals surface area contributed by atoms with Crippen molar-refractivity contribution in [1.82, 2.24) is 0 Å². The predicted octanol–water partition coefficient (Wildman–Crippen LogP) is 21.0. The second kappa shape index (κ2) is 61.6. The van der Waals surface area contributed by atoms with Gasteiger partial charge in [0.1, 0.15) is 13.2 Å². The summed E-state index contributed by atoms with van der Waals surface area (Å²) in [5.74, 6) is -0.898. The van der Waals surface area contributed by atoms with Gasteiger partial charge in [0.05, 0.1) is 0 Å². The van der Waals surface area contributed by atoms with Gasteiger partial charge in [-0.25, -0.2) is 0 Å². The number of rotatable bonds is 55. The molecule has 0 saturated heterocycles. The fourth-order valence-electron chi connectivity index (χ4n) is 8.39. The van der Waals surface area contributed by atoms with Crippen molar-refractivity contribution in [2.24, 2.45) is 0 Å². The van der Waals surface area contributed by atoms with Gasteiger partial charge in [0.25, 0.3) is 0 Å². The highest BCUT2D eigenvalue weighted by Crippen LogP contribution is 2.15. The lowest BCUT2D eigenvalue weighted by Crippen LogP contribution is -2.30. The van der Waals surface area contributed by atoms with Gasteiger partial charge >= 0.3 is 17.9 Å². The summed E-state index contributed by atoms with van der Waals surface area (Å²) in [6.45, 7) is 6.44. The SMILES string of the molecule is CC/C=C\C/C=C\C/C=C\C/C=C\C/C=C\C/C=C\C/C=C\CCCCCCCCCCCC(=O)OCC(COC(=O)CCCCCCCC)OC(=O)CCCCCCCCCCC/C=C\C/C=C\CCCCC. The maximum absolute atomic E-state index is 12.8. The van der Waals surface area contributed by atoms with Crippen molar-refractivity contribution < 1.29 is 28.6 Å². The summed E-state index contributed by atoms with van der Waals surface area (Å²) in [7, 11) is 0. The second-order valence-corrected chi connectivity index (χ2v) is 20.2. The molecule has 0 aliphatic rings. The van der Waals surface area contributed by atoms with Crippen LogP contribution in [0.2, 0.25) is 0 Å². The zero-order valence-electron chi connectivity index (χ0n) is 48.3. The predicted molar refractivity (Wildman–Crippen MR) is 320 cm³/mol. The molecule has 6 heteroatoms. The van der Waals surface area contributed by atoms with Gasteiger partial charge in [-0.1, -0.05) is 265 Å². The van der Waals surface area contributed by atoms with Crippen LogP contribution >= 0.6 is 0 Å². The molecule has 0 aliphatic carbocycles. The van der Waals surface area contributed by atoms with Crippen molar-refractivity contribution in [2.75, 3.05) is 13.2 Å². The van der Waals surface area contributed by atoms with Gasteiger partial charge in [0.2, 0.25) is 0 Å². The number of ether oxygens (including phenoxy) is 3. The molecule has 0 saturated carbocycles. The molecule has 0 rings (SSSR count). The largest absolute Gasteiger partial charge is 0.462 e. The van der Waals surface area contributed by atoms with E-state index in [1.807, 2.05) is 0 Å². The van der Waals surface area contributed by atoms with E-state index in [0.29, 0.717) is 19.3 Å². The molecule has 0 aromatic carbocycles. The lowest BCUT2D eigenvalue weighted by molar-refractivity contribution is -0.167. The Morgan fingerprint density at radius 2 is 0.527 bits per heavy atom. The molecule has 0 aromatic rings. The Hall–Kier alpha value is -3.93.